The number of hydrogen-bond acceptors (Lipinski definition) is 3. The van der Waals surface area contributed by atoms with Crippen LogP contribution in [0.3, 0.4) is 0 Å². The zero-order chi connectivity index (χ0) is 18.9. The highest BCUT2D eigenvalue weighted by Gasteiger charge is 2.39. The van der Waals surface area contributed by atoms with Gasteiger partial charge in [0.1, 0.15) is 11.8 Å². The first-order chi connectivity index (χ1) is 12.4. The van der Waals surface area contributed by atoms with E-state index in [1.807, 2.05) is 0 Å². The maximum atomic E-state index is 13.8. The van der Waals surface area contributed by atoms with Gasteiger partial charge in [0.25, 0.3) is 0 Å². The van der Waals surface area contributed by atoms with Gasteiger partial charge >= 0.3 is 6.18 Å². The number of halogens is 3. The maximum Gasteiger partial charge on any atom is 0.432 e. The molecule has 3 aromatic rings. The van der Waals surface area contributed by atoms with Crippen LogP contribution in [0, 0.1) is 11.3 Å². The first-order valence-electron chi connectivity index (χ1n) is 7.70. The van der Waals surface area contributed by atoms with E-state index in [0.717, 1.165) is 4.57 Å². The average Bonchev–Trinajstić information content (AvgIpc) is 2.94. The molecule has 3 rings (SSSR count). The molecule has 26 heavy (non-hydrogen) atoms. The summed E-state index contributed by atoms with van der Waals surface area (Å²) in [5.41, 5.74) is -0.455. The lowest BCUT2D eigenvalue weighted by molar-refractivity contribution is -0.143. The topological polar surface area (TPSA) is 47.2 Å². The number of alkyl halides is 3. The van der Waals surface area contributed by atoms with Gasteiger partial charge in [0, 0.05) is 18.0 Å². The zero-order valence-corrected chi connectivity index (χ0v) is 14.1. The van der Waals surface area contributed by atoms with Crippen LogP contribution >= 0.6 is 0 Å². The van der Waals surface area contributed by atoms with E-state index in [1.54, 1.807) is 36.4 Å². The molecule has 4 nitrogen and oxygen atoms in total. The summed E-state index contributed by atoms with van der Waals surface area (Å²) in [6.45, 7) is -0.0245. The molecule has 0 aliphatic carbocycles. The van der Waals surface area contributed by atoms with Gasteiger partial charge in [0.2, 0.25) is 0 Å². The van der Waals surface area contributed by atoms with Crippen molar-refractivity contribution in [3.63, 3.8) is 0 Å². The van der Waals surface area contributed by atoms with Crippen molar-refractivity contribution in [3.05, 3.63) is 59.3 Å². The molecule has 2 aromatic carbocycles. The summed E-state index contributed by atoms with van der Waals surface area (Å²) in [5, 5.41) is 9.59. The Bertz CT molecular complexity index is 986. The quantitative estimate of drug-likeness (QED) is 0.683. The van der Waals surface area contributed by atoms with Gasteiger partial charge in [-0.3, -0.25) is 0 Å². The SMILES string of the molecule is COc1cc2c(C#N)c(C(F)(F)F)n(Cc3ccccc3)c2cc1OC. The van der Waals surface area contributed by atoms with E-state index in [0.29, 0.717) is 11.3 Å². The summed E-state index contributed by atoms with van der Waals surface area (Å²) in [4.78, 5) is 0. The third kappa shape index (κ3) is 2.94. The van der Waals surface area contributed by atoms with E-state index >= 15 is 0 Å². The lowest BCUT2D eigenvalue weighted by atomic mass is 10.1. The first-order valence-corrected chi connectivity index (χ1v) is 7.70. The largest absolute Gasteiger partial charge is 0.493 e. The number of rotatable bonds is 4. The Labute approximate surface area is 148 Å². The van der Waals surface area contributed by atoms with E-state index in [1.165, 1.54) is 26.4 Å². The molecule has 1 heterocycles. The Morgan fingerprint density at radius 1 is 1.04 bits per heavy atom. The second-order valence-corrected chi connectivity index (χ2v) is 5.63. The molecule has 134 valence electrons. The third-order valence-corrected chi connectivity index (χ3v) is 4.13. The second kappa shape index (κ2) is 6.64. The van der Waals surface area contributed by atoms with Crippen molar-refractivity contribution in [2.24, 2.45) is 0 Å². The molecule has 0 aliphatic rings. The molecule has 0 saturated heterocycles. The average molecular weight is 360 g/mol. The van der Waals surface area contributed by atoms with Crippen molar-refractivity contribution in [1.82, 2.24) is 4.57 Å². The predicted octanol–water partition coefficient (Wildman–Crippen LogP) is 4.60. The van der Waals surface area contributed by atoms with E-state index < -0.39 is 17.4 Å². The van der Waals surface area contributed by atoms with Crippen molar-refractivity contribution in [2.45, 2.75) is 12.7 Å². The molecule has 0 unspecified atom stereocenters. The minimum absolute atomic E-state index is 0.0245. The summed E-state index contributed by atoms with van der Waals surface area (Å²) in [6.07, 6.45) is -4.68. The normalized spacial score (nSPS) is 11.4. The summed E-state index contributed by atoms with van der Waals surface area (Å²) >= 11 is 0. The monoisotopic (exact) mass is 360 g/mol. The smallest absolute Gasteiger partial charge is 0.432 e. The Balaban J connectivity index is 2.37. The standard InChI is InChI=1S/C19H15F3N2O2/c1-25-16-8-13-14(10-23)18(19(20,21)22)24(15(13)9-17(16)26-2)11-12-6-4-3-5-7-12/h3-9H,11H2,1-2H3. The number of hydrogen-bond donors (Lipinski definition) is 0. The van der Waals surface area contributed by atoms with Gasteiger partial charge in [-0.1, -0.05) is 30.3 Å². The van der Waals surface area contributed by atoms with Crippen molar-refractivity contribution in [3.8, 4) is 17.6 Å². The van der Waals surface area contributed by atoms with Crippen LogP contribution in [0.2, 0.25) is 0 Å². The van der Waals surface area contributed by atoms with Gasteiger partial charge in [-0.05, 0) is 11.6 Å². The fraction of sp³-hybridized carbons (Fsp3) is 0.211. The van der Waals surface area contributed by atoms with E-state index in [9.17, 15) is 18.4 Å². The molecule has 0 saturated carbocycles. The van der Waals surface area contributed by atoms with Crippen LogP contribution in [0.25, 0.3) is 10.9 Å². The van der Waals surface area contributed by atoms with Gasteiger partial charge in [0.15, 0.2) is 11.5 Å². The lowest BCUT2D eigenvalue weighted by Crippen LogP contribution is -2.15. The zero-order valence-electron chi connectivity index (χ0n) is 14.1. The molecular weight excluding hydrogens is 345 g/mol. The van der Waals surface area contributed by atoms with Crippen molar-refractivity contribution in [1.29, 1.82) is 5.26 Å². The van der Waals surface area contributed by atoms with Crippen molar-refractivity contribution in [2.75, 3.05) is 14.2 Å². The molecule has 0 N–H and O–H groups in total. The Hall–Kier alpha value is -3.14. The number of benzene rings is 2. The second-order valence-electron chi connectivity index (χ2n) is 5.63. The fourth-order valence-electron chi connectivity index (χ4n) is 3.01. The van der Waals surface area contributed by atoms with Crippen LogP contribution in [0.4, 0.5) is 13.2 Å². The number of ether oxygens (including phenoxy) is 2. The summed E-state index contributed by atoms with van der Waals surface area (Å²) in [7, 11) is 2.80. The highest BCUT2D eigenvalue weighted by atomic mass is 19.4. The molecule has 0 fully saturated rings. The molecular formula is C19H15F3N2O2. The number of nitriles is 1. The van der Waals surface area contributed by atoms with Crippen molar-refractivity contribution >= 4 is 10.9 Å². The minimum atomic E-state index is -4.68. The molecule has 0 atom stereocenters. The molecule has 1 aromatic heterocycles. The van der Waals surface area contributed by atoms with E-state index in [-0.39, 0.29) is 23.2 Å². The molecule has 0 aliphatic heterocycles. The van der Waals surface area contributed by atoms with Crippen LogP contribution in [0.15, 0.2) is 42.5 Å². The molecule has 0 radical (unpaired) electrons. The summed E-state index contributed by atoms with van der Waals surface area (Å²) in [5.74, 6) is 0.562. The third-order valence-electron chi connectivity index (χ3n) is 4.13. The number of methoxy groups -OCH3 is 2. The van der Waals surface area contributed by atoms with Crippen LogP contribution in [-0.2, 0) is 12.7 Å². The highest BCUT2D eigenvalue weighted by Crippen LogP contribution is 2.42. The number of fused-ring (bicyclic) bond motifs is 1. The van der Waals surface area contributed by atoms with Gasteiger partial charge in [-0.2, -0.15) is 18.4 Å². The van der Waals surface area contributed by atoms with Crippen molar-refractivity contribution < 1.29 is 22.6 Å². The first kappa shape index (κ1) is 17.7. The molecule has 0 spiro atoms. The van der Waals surface area contributed by atoms with Crippen LogP contribution in [0.5, 0.6) is 11.5 Å². The summed E-state index contributed by atoms with van der Waals surface area (Å²) in [6, 6.07) is 13.3. The Morgan fingerprint density at radius 3 is 2.19 bits per heavy atom. The van der Waals surface area contributed by atoms with E-state index in [2.05, 4.69) is 0 Å². The van der Waals surface area contributed by atoms with Gasteiger partial charge in [-0.25, -0.2) is 0 Å². The lowest BCUT2D eigenvalue weighted by Gasteiger charge is -2.14. The molecule has 0 bridgehead atoms. The van der Waals surface area contributed by atoms with Crippen LogP contribution in [0.1, 0.15) is 16.8 Å². The maximum absolute atomic E-state index is 13.8. The highest BCUT2D eigenvalue weighted by molar-refractivity contribution is 5.91. The number of nitrogens with zero attached hydrogens (tertiary/aromatic N) is 2. The van der Waals surface area contributed by atoms with E-state index in [4.69, 9.17) is 9.47 Å². The van der Waals surface area contributed by atoms with Crippen LogP contribution in [-0.4, -0.2) is 18.8 Å². The predicted molar refractivity (Wildman–Crippen MR) is 90.3 cm³/mol. The molecule has 7 heteroatoms. The molecule has 0 amide bonds. The van der Waals surface area contributed by atoms with Gasteiger partial charge in [0.05, 0.1) is 25.3 Å². The summed E-state index contributed by atoms with van der Waals surface area (Å²) < 4.78 is 52.8. The Morgan fingerprint density at radius 2 is 1.65 bits per heavy atom. The van der Waals surface area contributed by atoms with Gasteiger partial charge in [-0.15, -0.1) is 0 Å². The van der Waals surface area contributed by atoms with Gasteiger partial charge < -0.3 is 14.0 Å². The number of aromatic nitrogens is 1. The van der Waals surface area contributed by atoms with Crippen LogP contribution < -0.4 is 9.47 Å². The minimum Gasteiger partial charge on any atom is -0.493 e. The Kier molecular flexibility index (Phi) is 4.51. The fourth-order valence-corrected chi connectivity index (χ4v) is 3.01.